The zero-order chi connectivity index (χ0) is 27.4. The molecule has 4 aliphatic carbocycles. The van der Waals surface area contributed by atoms with E-state index in [2.05, 4.69) is 5.10 Å². The average Bonchev–Trinajstić information content (AvgIpc) is 3.09. The number of rotatable bonds is 6. The fourth-order valence-corrected chi connectivity index (χ4v) is 8.62. The summed E-state index contributed by atoms with van der Waals surface area (Å²) >= 11 is 7.56. The smallest absolute Gasteiger partial charge is 0.306 e. The molecule has 0 heterocycles. The molecule has 204 valence electrons. The molecule has 0 aromatic heterocycles. The van der Waals surface area contributed by atoms with E-state index in [1.54, 1.807) is 13.8 Å². The largest absolute Gasteiger partial charge is 0.457 e. The topological polar surface area (TPSA) is 128 Å². The van der Waals surface area contributed by atoms with Crippen molar-refractivity contribution in [2.24, 2.45) is 39.5 Å². The molecule has 9 heteroatoms. The summed E-state index contributed by atoms with van der Waals surface area (Å²) in [6, 6.07) is 0. The van der Waals surface area contributed by atoms with Crippen LogP contribution in [0.15, 0.2) is 28.9 Å². The second-order valence-corrected chi connectivity index (χ2v) is 12.2. The predicted octanol–water partition coefficient (Wildman–Crippen LogP) is 3.83. The lowest BCUT2D eigenvalue weighted by atomic mass is 9.45. The lowest BCUT2D eigenvalue weighted by Gasteiger charge is -2.64. The van der Waals surface area contributed by atoms with Gasteiger partial charge in [-0.1, -0.05) is 46.3 Å². The number of fused-ring (bicyclic) bond motifs is 5. The van der Waals surface area contributed by atoms with Gasteiger partial charge in [0.25, 0.3) is 0 Å². The Morgan fingerprint density at radius 1 is 1.19 bits per heavy atom. The maximum atomic E-state index is 13.9. The number of halogens is 1. The standard InChI is InChI=1S/C28H39ClN2O6/c1-6-23(34)36-15-22(33)28(37-24(35)7-2)16(3)12-20-19-9-8-17-13-18(31-30)10-11-25(17,4)27(19,29)21(32)14-26(20,28)5/h10-11,13,16,19-21,32H,6-9,12,14-15,30H2,1-5H3/b31-18+/t16-,19-,20-,21-,25-,26-,27-,28-/m0/s1. The van der Waals surface area contributed by atoms with Crippen molar-refractivity contribution in [3.8, 4) is 0 Å². The minimum atomic E-state index is -1.53. The lowest BCUT2D eigenvalue weighted by Crippen LogP contribution is -2.69. The third kappa shape index (κ3) is 3.73. The Balaban J connectivity index is 1.80. The van der Waals surface area contributed by atoms with Crippen LogP contribution in [0, 0.1) is 28.6 Å². The van der Waals surface area contributed by atoms with Gasteiger partial charge in [-0.3, -0.25) is 14.4 Å². The Kier molecular flexibility index (Phi) is 7.17. The summed E-state index contributed by atoms with van der Waals surface area (Å²) in [5.41, 5.74) is -1.33. The second-order valence-electron chi connectivity index (χ2n) is 11.6. The number of alkyl halides is 1. The predicted molar refractivity (Wildman–Crippen MR) is 140 cm³/mol. The van der Waals surface area contributed by atoms with Gasteiger partial charge in [0.2, 0.25) is 5.78 Å². The molecule has 4 rings (SSSR count). The van der Waals surface area contributed by atoms with Gasteiger partial charge in [-0.2, -0.15) is 5.10 Å². The summed E-state index contributed by atoms with van der Waals surface area (Å²) < 4.78 is 11.3. The van der Waals surface area contributed by atoms with Gasteiger partial charge in [0.15, 0.2) is 12.2 Å². The van der Waals surface area contributed by atoms with Gasteiger partial charge >= 0.3 is 11.9 Å². The van der Waals surface area contributed by atoms with Gasteiger partial charge in [0, 0.05) is 29.6 Å². The number of aliphatic hydroxyl groups excluding tert-OH is 1. The highest BCUT2D eigenvalue weighted by Gasteiger charge is 2.76. The van der Waals surface area contributed by atoms with Crippen molar-refractivity contribution in [2.75, 3.05) is 6.61 Å². The number of Topliss-reactive ketones (excluding diaryl/α,β-unsaturated/α-hetero) is 1. The SMILES string of the molecule is CCC(=O)OCC(=O)[C@@]1(OC(=O)CC)[C@@H](C)C[C@H]2[C@@H]3CCC4=C/C(=N/N)C=C[C@]4(C)[C@@]3(Cl)[C@@H](O)C[C@@]21C. The van der Waals surface area contributed by atoms with Crippen LogP contribution < -0.4 is 5.84 Å². The van der Waals surface area contributed by atoms with Crippen LogP contribution in [0.25, 0.3) is 0 Å². The fraction of sp³-hybridized carbons (Fsp3) is 0.714. The van der Waals surface area contributed by atoms with Crippen LogP contribution in [0.3, 0.4) is 0 Å². The molecule has 0 bridgehead atoms. The van der Waals surface area contributed by atoms with Crippen LogP contribution >= 0.6 is 11.6 Å². The van der Waals surface area contributed by atoms with Crippen LogP contribution in [0.4, 0.5) is 0 Å². The number of esters is 2. The van der Waals surface area contributed by atoms with Gasteiger partial charge in [-0.15, -0.1) is 11.6 Å². The van der Waals surface area contributed by atoms with E-state index in [0.717, 1.165) is 12.0 Å². The number of ether oxygens (including phenoxy) is 2. The van der Waals surface area contributed by atoms with Crippen molar-refractivity contribution in [1.29, 1.82) is 0 Å². The minimum absolute atomic E-state index is 0.102. The third-order valence-electron chi connectivity index (χ3n) is 9.97. The van der Waals surface area contributed by atoms with Gasteiger partial charge in [0.05, 0.1) is 16.7 Å². The lowest BCUT2D eigenvalue weighted by molar-refractivity contribution is -0.203. The molecular formula is C28H39ClN2O6. The number of carbonyl (C=O) groups excluding carboxylic acids is 3. The number of aliphatic hydroxyl groups is 1. The average molecular weight is 535 g/mol. The molecule has 3 N–H and O–H groups in total. The number of nitrogens with two attached hydrogens (primary N) is 1. The van der Waals surface area contributed by atoms with Crippen molar-refractivity contribution >= 4 is 35.0 Å². The second kappa shape index (κ2) is 9.53. The number of hydrogen-bond acceptors (Lipinski definition) is 8. The Morgan fingerprint density at radius 3 is 2.49 bits per heavy atom. The Hall–Kier alpha value is -2.19. The number of carbonyl (C=O) groups is 3. The van der Waals surface area contributed by atoms with Gasteiger partial charge in [-0.25, -0.2) is 0 Å². The van der Waals surface area contributed by atoms with E-state index in [9.17, 15) is 19.5 Å². The molecule has 0 amide bonds. The summed E-state index contributed by atoms with van der Waals surface area (Å²) in [5, 5.41) is 15.7. The van der Waals surface area contributed by atoms with Crippen molar-refractivity contribution in [1.82, 2.24) is 0 Å². The van der Waals surface area contributed by atoms with E-state index in [0.29, 0.717) is 18.6 Å². The first kappa shape index (κ1) is 27.8. The fourth-order valence-electron chi connectivity index (χ4n) is 8.10. The summed E-state index contributed by atoms with van der Waals surface area (Å²) in [7, 11) is 0. The summed E-state index contributed by atoms with van der Waals surface area (Å²) in [4.78, 5) is 37.5. The summed E-state index contributed by atoms with van der Waals surface area (Å²) in [6.07, 6.45) is 7.26. The van der Waals surface area contributed by atoms with Crippen LogP contribution in [-0.2, 0) is 23.9 Å². The monoisotopic (exact) mass is 534 g/mol. The molecule has 3 saturated carbocycles. The van der Waals surface area contributed by atoms with E-state index in [1.807, 2.05) is 39.0 Å². The molecule has 3 fully saturated rings. The van der Waals surface area contributed by atoms with E-state index in [-0.39, 0.29) is 37.0 Å². The molecule has 4 aliphatic rings. The Morgan fingerprint density at radius 2 is 1.86 bits per heavy atom. The van der Waals surface area contributed by atoms with Crippen molar-refractivity contribution in [3.05, 3.63) is 23.8 Å². The highest BCUT2D eigenvalue weighted by Crippen LogP contribution is 2.72. The van der Waals surface area contributed by atoms with Gasteiger partial charge < -0.3 is 20.4 Å². The highest BCUT2D eigenvalue weighted by atomic mass is 35.5. The molecule has 0 aromatic carbocycles. The number of hydrazone groups is 1. The molecule has 0 unspecified atom stereocenters. The molecule has 8 nitrogen and oxygen atoms in total. The van der Waals surface area contributed by atoms with Crippen molar-refractivity contribution in [3.63, 3.8) is 0 Å². The number of hydrogen-bond donors (Lipinski definition) is 2. The van der Waals surface area contributed by atoms with E-state index < -0.39 is 51.7 Å². The number of nitrogens with zero attached hydrogens (tertiary/aromatic N) is 1. The third-order valence-corrected chi connectivity index (χ3v) is 10.9. The molecule has 0 aliphatic heterocycles. The zero-order valence-electron chi connectivity index (χ0n) is 22.4. The van der Waals surface area contributed by atoms with Crippen LogP contribution in [-0.4, -0.2) is 51.7 Å². The molecule has 0 saturated heterocycles. The first-order valence-corrected chi connectivity index (χ1v) is 13.7. The normalized spacial score (nSPS) is 43.3. The Bertz CT molecular complexity index is 1090. The highest BCUT2D eigenvalue weighted by molar-refractivity contribution is 6.26. The maximum absolute atomic E-state index is 13.9. The molecule has 0 radical (unpaired) electrons. The van der Waals surface area contributed by atoms with E-state index >= 15 is 0 Å². The quantitative estimate of drug-likeness (QED) is 0.229. The van der Waals surface area contributed by atoms with Gasteiger partial charge in [0.1, 0.15) is 0 Å². The zero-order valence-corrected chi connectivity index (χ0v) is 23.1. The molecule has 37 heavy (non-hydrogen) atoms. The number of ketones is 1. The maximum Gasteiger partial charge on any atom is 0.306 e. The van der Waals surface area contributed by atoms with E-state index in [4.69, 9.17) is 26.9 Å². The number of allylic oxidation sites excluding steroid dienone is 4. The van der Waals surface area contributed by atoms with Gasteiger partial charge in [-0.05, 0) is 49.7 Å². The molecule has 8 atom stereocenters. The first-order valence-electron chi connectivity index (χ1n) is 13.3. The van der Waals surface area contributed by atoms with E-state index in [1.165, 1.54) is 0 Å². The Labute approximate surface area is 223 Å². The molecule has 0 aromatic rings. The summed E-state index contributed by atoms with van der Waals surface area (Å²) in [5.74, 6) is 3.50. The van der Waals surface area contributed by atoms with Crippen LogP contribution in [0.1, 0.15) is 73.1 Å². The minimum Gasteiger partial charge on any atom is -0.457 e. The first-order chi connectivity index (χ1) is 17.3. The molecular weight excluding hydrogens is 496 g/mol. The van der Waals surface area contributed by atoms with Crippen molar-refractivity contribution < 1.29 is 29.0 Å². The van der Waals surface area contributed by atoms with Crippen molar-refractivity contribution in [2.45, 2.75) is 89.7 Å². The summed E-state index contributed by atoms with van der Waals surface area (Å²) in [6.45, 7) is 8.76. The molecule has 0 spiro atoms. The van der Waals surface area contributed by atoms with Crippen LogP contribution in [0.2, 0.25) is 0 Å². The van der Waals surface area contributed by atoms with Crippen LogP contribution in [0.5, 0.6) is 0 Å².